The Hall–Kier alpha value is -0.540. The predicted octanol–water partition coefficient (Wildman–Crippen LogP) is 3.70. The number of aliphatic hydroxyl groups is 1. The average molecular weight is 254 g/mol. The number of hydrogen-bond donors (Lipinski definition) is 1. The highest BCUT2D eigenvalue weighted by molar-refractivity contribution is 7.99. The lowest BCUT2D eigenvalue weighted by molar-refractivity contribution is 0.140. The molecule has 1 aliphatic rings. The van der Waals surface area contributed by atoms with Crippen molar-refractivity contribution in [2.45, 2.75) is 32.3 Å². The van der Waals surface area contributed by atoms with Crippen LogP contribution in [-0.2, 0) is 0 Å². The Balaban J connectivity index is 1.98. The molecule has 0 spiro atoms. The van der Waals surface area contributed by atoms with Gasteiger partial charge in [-0.1, -0.05) is 12.1 Å². The largest absolute Gasteiger partial charge is 0.388 e. The minimum absolute atomic E-state index is 0.222. The van der Waals surface area contributed by atoms with E-state index in [1.807, 2.05) is 17.8 Å². The van der Waals surface area contributed by atoms with Crippen molar-refractivity contribution in [1.82, 2.24) is 0 Å². The van der Waals surface area contributed by atoms with E-state index in [1.54, 1.807) is 13.0 Å². The van der Waals surface area contributed by atoms with Crippen molar-refractivity contribution in [2.75, 3.05) is 11.5 Å². The van der Waals surface area contributed by atoms with Crippen molar-refractivity contribution < 1.29 is 9.50 Å². The summed E-state index contributed by atoms with van der Waals surface area (Å²) in [5.41, 5.74) is 1.35. The lowest BCUT2D eigenvalue weighted by Gasteiger charge is -2.24. The van der Waals surface area contributed by atoms with E-state index in [4.69, 9.17) is 0 Å². The number of benzene rings is 1. The van der Waals surface area contributed by atoms with Gasteiger partial charge in [-0.3, -0.25) is 0 Å². The molecule has 3 heteroatoms. The van der Waals surface area contributed by atoms with Gasteiger partial charge >= 0.3 is 0 Å². The molecule has 1 N–H and O–H groups in total. The van der Waals surface area contributed by atoms with Gasteiger partial charge in [0.05, 0.1) is 6.10 Å². The van der Waals surface area contributed by atoms with E-state index < -0.39 is 6.10 Å². The van der Waals surface area contributed by atoms with Crippen molar-refractivity contribution in [3.63, 3.8) is 0 Å². The van der Waals surface area contributed by atoms with E-state index in [2.05, 4.69) is 0 Å². The summed E-state index contributed by atoms with van der Waals surface area (Å²) in [4.78, 5) is 0. The summed E-state index contributed by atoms with van der Waals surface area (Å²) in [6.45, 7) is 1.74. The van der Waals surface area contributed by atoms with Crippen LogP contribution in [-0.4, -0.2) is 16.6 Å². The van der Waals surface area contributed by atoms with Gasteiger partial charge in [0, 0.05) is 0 Å². The van der Waals surface area contributed by atoms with Gasteiger partial charge in [0.15, 0.2) is 0 Å². The van der Waals surface area contributed by atoms with E-state index in [0.717, 1.165) is 6.42 Å². The normalized spacial score (nSPS) is 19.2. The molecule has 2 rings (SSSR count). The molecule has 0 bridgehead atoms. The third-order valence-electron chi connectivity index (χ3n) is 3.48. The van der Waals surface area contributed by atoms with Crippen molar-refractivity contribution >= 4 is 11.8 Å². The van der Waals surface area contributed by atoms with Crippen molar-refractivity contribution in [3.05, 3.63) is 35.1 Å². The third-order valence-corrected chi connectivity index (χ3v) is 4.53. The Bertz CT molecular complexity index is 374. The zero-order valence-electron chi connectivity index (χ0n) is 10.2. The average Bonchev–Trinajstić information content (AvgIpc) is 2.34. The third kappa shape index (κ3) is 3.46. The molecule has 1 aromatic rings. The summed E-state index contributed by atoms with van der Waals surface area (Å²) in [7, 11) is 0. The SMILES string of the molecule is Cc1ccc(C(O)CC2CCSCC2)cc1F. The molecule has 0 aliphatic carbocycles. The number of rotatable bonds is 3. The van der Waals surface area contributed by atoms with Crippen LogP contribution in [0.1, 0.15) is 36.5 Å². The maximum atomic E-state index is 13.4. The van der Waals surface area contributed by atoms with Crippen LogP contribution in [0.3, 0.4) is 0 Å². The number of hydrogen-bond acceptors (Lipinski definition) is 2. The molecular weight excluding hydrogens is 235 g/mol. The maximum absolute atomic E-state index is 13.4. The molecule has 1 heterocycles. The van der Waals surface area contributed by atoms with Crippen LogP contribution in [0.5, 0.6) is 0 Å². The molecule has 1 aliphatic heterocycles. The second kappa shape index (κ2) is 5.87. The van der Waals surface area contributed by atoms with Gasteiger partial charge in [0.2, 0.25) is 0 Å². The number of aliphatic hydroxyl groups excluding tert-OH is 1. The number of aryl methyl sites for hydroxylation is 1. The minimum atomic E-state index is -0.516. The highest BCUT2D eigenvalue weighted by atomic mass is 32.2. The quantitative estimate of drug-likeness (QED) is 0.887. The van der Waals surface area contributed by atoms with E-state index in [9.17, 15) is 9.50 Å². The summed E-state index contributed by atoms with van der Waals surface area (Å²) in [6.07, 6.45) is 2.60. The molecule has 1 fully saturated rings. The zero-order chi connectivity index (χ0) is 12.3. The van der Waals surface area contributed by atoms with E-state index in [0.29, 0.717) is 17.0 Å². The smallest absolute Gasteiger partial charge is 0.126 e. The fraction of sp³-hybridized carbons (Fsp3) is 0.571. The van der Waals surface area contributed by atoms with Crippen LogP contribution in [0.2, 0.25) is 0 Å². The highest BCUT2D eigenvalue weighted by Gasteiger charge is 2.19. The Kier molecular flexibility index (Phi) is 4.46. The molecule has 94 valence electrons. The van der Waals surface area contributed by atoms with E-state index >= 15 is 0 Å². The topological polar surface area (TPSA) is 20.2 Å². The van der Waals surface area contributed by atoms with Crippen LogP contribution in [0.15, 0.2) is 18.2 Å². The van der Waals surface area contributed by atoms with Crippen molar-refractivity contribution in [3.8, 4) is 0 Å². The molecule has 0 radical (unpaired) electrons. The van der Waals surface area contributed by atoms with Gasteiger partial charge in [-0.05, 0) is 60.8 Å². The molecule has 17 heavy (non-hydrogen) atoms. The molecule has 0 aromatic heterocycles. The Morgan fingerprint density at radius 3 is 2.76 bits per heavy atom. The van der Waals surface area contributed by atoms with E-state index in [1.165, 1.54) is 30.4 Å². The number of thioether (sulfide) groups is 1. The second-order valence-corrected chi connectivity index (χ2v) is 6.04. The minimum Gasteiger partial charge on any atom is -0.388 e. The van der Waals surface area contributed by atoms with Crippen molar-refractivity contribution in [2.24, 2.45) is 5.92 Å². The second-order valence-electron chi connectivity index (χ2n) is 4.82. The molecule has 1 aromatic carbocycles. The summed E-state index contributed by atoms with van der Waals surface area (Å²) in [5.74, 6) is 2.76. The van der Waals surface area contributed by atoms with Gasteiger partial charge < -0.3 is 5.11 Å². The molecular formula is C14H19FOS. The molecule has 1 unspecified atom stereocenters. The Morgan fingerprint density at radius 1 is 1.41 bits per heavy atom. The lowest BCUT2D eigenvalue weighted by atomic mass is 9.92. The summed E-state index contributed by atoms with van der Waals surface area (Å²) < 4.78 is 13.4. The summed E-state index contributed by atoms with van der Waals surface area (Å²) in [6, 6.07) is 5.04. The fourth-order valence-electron chi connectivity index (χ4n) is 2.25. The van der Waals surface area contributed by atoms with Crippen LogP contribution < -0.4 is 0 Å². The van der Waals surface area contributed by atoms with Gasteiger partial charge in [-0.15, -0.1) is 0 Å². The van der Waals surface area contributed by atoms with Gasteiger partial charge in [0.1, 0.15) is 5.82 Å². The molecule has 1 nitrogen and oxygen atoms in total. The van der Waals surface area contributed by atoms with Crippen LogP contribution in [0, 0.1) is 18.7 Å². The first kappa shape index (κ1) is 12.9. The van der Waals surface area contributed by atoms with Gasteiger partial charge in [-0.2, -0.15) is 11.8 Å². The van der Waals surface area contributed by atoms with Gasteiger partial charge in [-0.25, -0.2) is 4.39 Å². The fourth-order valence-corrected chi connectivity index (χ4v) is 3.45. The summed E-state index contributed by atoms with van der Waals surface area (Å²) >= 11 is 1.98. The number of halogens is 1. The van der Waals surface area contributed by atoms with E-state index in [-0.39, 0.29) is 5.82 Å². The first-order valence-electron chi connectivity index (χ1n) is 6.18. The lowest BCUT2D eigenvalue weighted by Crippen LogP contribution is -2.13. The predicted molar refractivity (Wildman–Crippen MR) is 70.8 cm³/mol. The summed E-state index contributed by atoms with van der Waals surface area (Å²) in [5, 5.41) is 10.1. The van der Waals surface area contributed by atoms with Gasteiger partial charge in [0.25, 0.3) is 0 Å². The first-order chi connectivity index (χ1) is 8.16. The van der Waals surface area contributed by atoms with Crippen LogP contribution in [0.4, 0.5) is 4.39 Å². The molecule has 0 saturated carbocycles. The molecule has 1 saturated heterocycles. The van der Waals surface area contributed by atoms with Crippen LogP contribution >= 0.6 is 11.8 Å². The molecule has 0 amide bonds. The highest BCUT2D eigenvalue weighted by Crippen LogP contribution is 2.31. The Morgan fingerprint density at radius 2 is 2.12 bits per heavy atom. The zero-order valence-corrected chi connectivity index (χ0v) is 11.0. The van der Waals surface area contributed by atoms with Crippen molar-refractivity contribution in [1.29, 1.82) is 0 Å². The molecule has 1 atom stereocenters. The first-order valence-corrected chi connectivity index (χ1v) is 7.34. The monoisotopic (exact) mass is 254 g/mol. The van der Waals surface area contributed by atoms with Crippen LogP contribution in [0.25, 0.3) is 0 Å². The Labute approximate surface area is 106 Å². The maximum Gasteiger partial charge on any atom is 0.126 e. The standard InChI is InChI=1S/C14H19FOS/c1-10-2-3-12(9-13(10)15)14(16)8-11-4-6-17-7-5-11/h2-3,9,11,14,16H,4-8H2,1H3.